The van der Waals surface area contributed by atoms with Crippen LogP contribution in [0.4, 0.5) is 11.4 Å². The van der Waals surface area contributed by atoms with Gasteiger partial charge in [0.25, 0.3) is 15.9 Å². The lowest BCUT2D eigenvalue weighted by Gasteiger charge is -2.14. The molecule has 3 rings (SSSR count). The molecule has 168 valence electrons. The molecule has 0 aromatic heterocycles. The second-order valence-corrected chi connectivity index (χ2v) is 9.12. The Morgan fingerprint density at radius 2 is 1.53 bits per heavy atom. The molecule has 0 saturated carbocycles. The van der Waals surface area contributed by atoms with E-state index in [1.807, 2.05) is 38.1 Å². The number of carbonyl (C=O) groups is 1. The van der Waals surface area contributed by atoms with Gasteiger partial charge in [0, 0.05) is 5.69 Å². The topological polar surface area (TPSA) is 93.7 Å². The molecule has 3 aromatic rings. The van der Waals surface area contributed by atoms with Gasteiger partial charge < -0.3 is 14.8 Å². The minimum Gasteiger partial charge on any atom is -0.495 e. The summed E-state index contributed by atoms with van der Waals surface area (Å²) in [7, 11) is -2.22. The van der Waals surface area contributed by atoms with Crippen molar-refractivity contribution < 1.29 is 22.7 Å². The maximum atomic E-state index is 12.7. The highest BCUT2D eigenvalue weighted by molar-refractivity contribution is 7.92. The summed E-state index contributed by atoms with van der Waals surface area (Å²) in [6, 6.07) is 17.0. The van der Waals surface area contributed by atoms with Gasteiger partial charge >= 0.3 is 0 Å². The van der Waals surface area contributed by atoms with E-state index in [0.29, 0.717) is 28.4 Å². The van der Waals surface area contributed by atoms with Crippen molar-refractivity contribution in [3.8, 4) is 11.5 Å². The third-order valence-corrected chi connectivity index (χ3v) is 6.13. The first kappa shape index (κ1) is 23.1. The van der Waals surface area contributed by atoms with E-state index in [1.165, 1.54) is 19.2 Å². The van der Waals surface area contributed by atoms with Crippen LogP contribution in [0.5, 0.6) is 11.5 Å². The van der Waals surface area contributed by atoms with Crippen LogP contribution >= 0.6 is 0 Å². The van der Waals surface area contributed by atoms with E-state index >= 15 is 0 Å². The second-order valence-electron chi connectivity index (χ2n) is 7.44. The first-order valence-corrected chi connectivity index (χ1v) is 11.4. The highest BCUT2D eigenvalue weighted by atomic mass is 32.2. The van der Waals surface area contributed by atoms with E-state index in [1.54, 1.807) is 31.2 Å². The zero-order valence-electron chi connectivity index (χ0n) is 18.4. The SMILES string of the molecule is COc1ccc(C)cc1NC(=O)COc1ccc(S(=O)(=O)Nc2ccc(C)cc2)cc1C. The molecule has 0 atom stereocenters. The maximum Gasteiger partial charge on any atom is 0.262 e. The number of ether oxygens (including phenoxy) is 2. The number of amides is 1. The van der Waals surface area contributed by atoms with Gasteiger partial charge in [0.2, 0.25) is 0 Å². The fourth-order valence-electron chi connectivity index (χ4n) is 3.04. The van der Waals surface area contributed by atoms with Crippen molar-refractivity contribution in [1.82, 2.24) is 0 Å². The Morgan fingerprint density at radius 3 is 2.19 bits per heavy atom. The molecule has 8 heteroatoms. The molecule has 0 bridgehead atoms. The summed E-state index contributed by atoms with van der Waals surface area (Å²) in [5.41, 5.74) is 3.65. The highest BCUT2D eigenvalue weighted by Gasteiger charge is 2.16. The molecular formula is C24H26N2O5S. The summed E-state index contributed by atoms with van der Waals surface area (Å²) in [5.74, 6) is 0.618. The number of hydrogen-bond acceptors (Lipinski definition) is 5. The van der Waals surface area contributed by atoms with Crippen molar-refractivity contribution in [2.75, 3.05) is 23.8 Å². The number of methoxy groups -OCH3 is 1. The van der Waals surface area contributed by atoms with Gasteiger partial charge in [-0.3, -0.25) is 9.52 Å². The lowest BCUT2D eigenvalue weighted by Crippen LogP contribution is -2.21. The quantitative estimate of drug-likeness (QED) is 0.525. The van der Waals surface area contributed by atoms with E-state index in [0.717, 1.165) is 11.1 Å². The Labute approximate surface area is 188 Å². The minimum atomic E-state index is -3.75. The Morgan fingerprint density at radius 1 is 0.875 bits per heavy atom. The molecule has 7 nitrogen and oxygen atoms in total. The number of carbonyl (C=O) groups excluding carboxylic acids is 1. The summed E-state index contributed by atoms with van der Waals surface area (Å²) < 4.78 is 38.8. The Bertz CT molecular complexity index is 1220. The summed E-state index contributed by atoms with van der Waals surface area (Å²) in [6.45, 7) is 5.34. The lowest BCUT2D eigenvalue weighted by molar-refractivity contribution is -0.118. The van der Waals surface area contributed by atoms with Gasteiger partial charge in [0.05, 0.1) is 17.7 Å². The van der Waals surface area contributed by atoms with Gasteiger partial charge in [-0.15, -0.1) is 0 Å². The average Bonchev–Trinajstić information content (AvgIpc) is 2.74. The van der Waals surface area contributed by atoms with E-state index < -0.39 is 10.0 Å². The Kier molecular flexibility index (Phi) is 7.05. The predicted molar refractivity (Wildman–Crippen MR) is 125 cm³/mol. The number of hydrogen-bond donors (Lipinski definition) is 2. The van der Waals surface area contributed by atoms with Crippen molar-refractivity contribution in [2.24, 2.45) is 0 Å². The minimum absolute atomic E-state index is 0.108. The van der Waals surface area contributed by atoms with Gasteiger partial charge in [-0.25, -0.2) is 8.42 Å². The van der Waals surface area contributed by atoms with E-state index in [9.17, 15) is 13.2 Å². The van der Waals surface area contributed by atoms with Crippen LogP contribution in [0.25, 0.3) is 0 Å². The molecule has 2 N–H and O–H groups in total. The molecule has 0 radical (unpaired) electrons. The highest BCUT2D eigenvalue weighted by Crippen LogP contribution is 2.26. The Balaban J connectivity index is 1.65. The predicted octanol–water partition coefficient (Wildman–Crippen LogP) is 4.44. The van der Waals surface area contributed by atoms with Gasteiger partial charge in [-0.05, 0) is 74.4 Å². The maximum absolute atomic E-state index is 12.7. The number of benzene rings is 3. The summed E-state index contributed by atoms with van der Waals surface area (Å²) in [6.07, 6.45) is 0. The molecule has 0 aliphatic carbocycles. The molecule has 0 unspecified atom stereocenters. The van der Waals surface area contributed by atoms with Crippen LogP contribution in [0.1, 0.15) is 16.7 Å². The van der Waals surface area contributed by atoms with Crippen molar-refractivity contribution in [2.45, 2.75) is 25.7 Å². The normalized spacial score (nSPS) is 11.0. The number of aryl methyl sites for hydroxylation is 3. The summed E-state index contributed by atoms with van der Waals surface area (Å²) >= 11 is 0. The fourth-order valence-corrected chi connectivity index (χ4v) is 4.18. The monoisotopic (exact) mass is 454 g/mol. The lowest BCUT2D eigenvalue weighted by atomic mass is 10.2. The third kappa shape index (κ3) is 5.79. The summed E-state index contributed by atoms with van der Waals surface area (Å²) in [5, 5.41) is 2.76. The van der Waals surface area contributed by atoms with Crippen molar-refractivity contribution in [1.29, 1.82) is 0 Å². The van der Waals surface area contributed by atoms with Crippen LogP contribution in [0, 0.1) is 20.8 Å². The number of rotatable bonds is 8. The van der Waals surface area contributed by atoms with Crippen LogP contribution in [0.15, 0.2) is 65.6 Å². The largest absolute Gasteiger partial charge is 0.495 e. The van der Waals surface area contributed by atoms with Gasteiger partial charge in [-0.1, -0.05) is 23.8 Å². The molecule has 32 heavy (non-hydrogen) atoms. The fraction of sp³-hybridized carbons (Fsp3) is 0.208. The average molecular weight is 455 g/mol. The van der Waals surface area contributed by atoms with Crippen LogP contribution in [0.3, 0.4) is 0 Å². The van der Waals surface area contributed by atoms with Gasteiger partial charge in [0.1, 0.15) is 11.5 Å². The van der Waals surface area contributed by atoms with Crippen LogP contribution in [0.2, 0.25) is 0 Å². The first-order chi connectivity index (χ1) is 15.2. The zero-order chi connectivity index (χ0) is 23.3. The zero-order valence-corrected chi connectivity index (χ0v) is 19.2. The van der Waals surface area contributed by atoms with Crippen molar-refractivity contribution in [3.05, 3.63) is 77.4 Å². The smallest absolute Gasteiger partial charge is 0.262 e. The van der Waals surface area contributed by atoms with Crippen LogP contribution in [-0.4, -0.2) is 28.0 Å². The number of sulfonamides is 1. The van der Waals surface area contributed by atoms with Gasteiger partial charge in [0.15, 0.2) is 6.61 Å². The number of anilines is 2. The molecular weight excluding hydrogens is 428 g/mol. The number of nitrogens with one attached hydrogen (secondary N) is 2. The van der Waals surface area contributed by atoms with Crippen LogP contribution < -0.4 is 19.5 Å². The van der Waals surface area contributed by atoms with Gasteiger partial charge in [-0.2, -0.15) is 0 Å². The first-order valence-electron chi connectivity index (χ1n) is 9.95. The van der Waals surface area contributed by atoms with Crippen LogP contribution in [-0.2, 0) is 14.8 Å². The third-order valence-electron chi connectivity index (χ3n) is 4.75. The van der Waals surface area contributed by atoms with E-state index in [4.69, 9.17) is 9.47 Å². The standard InChI is InChI=1S/C24H26N2O5S/c1-16-5-8-19(9-6-16)26-32(28,29)20-10-12-22(18(3)14-20)31-15-24(27)25-21-13-17(2)7-11-23(21)30-4/h5-14,26H,15H2,1-4H3,(H,25,27). The molecule has 0 saturated heterocycles. The molecule has 0 aliphatic heterocycles. The second kappa shape index (κ2) is 9.74. The Hall–Kier alpha value is -3.52. The summed E-state index contributed by atoms with van der Waals surface area (Å²) in [4.78, 5) is 12.4. The molecule has 1 amide bonds. The van der Waals surface area contributed by atoms with Crippen molar-refractivity contribution in [3.63, 3.8) is 0 Å². The molecule has 0 heterocycles. The molecule has 0 aliphatic rings. The molecule has 3 aromatic carbocycles. The van der Waals surface area contributed by atoms with Crippen molar-refractivity contribution >= 4 is 27.3 Å². The molecule has 0 spiro atoms. The van der Waals surface area contributed by atoms with E-state index in [-0.39, 0.29) is 17.4 Å². The van der Waals surface area contributed by atoms with E-state index in [2.05, 4.69) is 10.0 Å². The molecule has 0 fully saturated rings.